The van der Waals surface area contributed by atoms with Crippen LogP contribution in [0.15, 0.2) is 122 Å². The van der Waals surface area contributed by atoms with Crippen LogP contribution in [0.4, 0.5) is 23.0 Å². The number of carbonyl (C=O) groups excluding carboxylic acids is 2. The van der Waals surface area contributed by atoms with Crippen molar-refractivity contribution in [2.45, 2.75) is 58.5 Å². The van der Waals surface area contributed by atoms with Crippen molar-refractivity contribution in [1.82, 2.24) is 29.7 Å². The number of nitrogens with one attached hydrogen (secondary N) is 4. The van der Waals surface area contributed by atoms with Crippen molar-refractivity contribution in [3.63, 3.8) is 0 Å². The molecule has 0 radical (unpaired) electrons. The predicted octanol–water partition coefficient (Wildman–Crippen LogP) is 9.74. The quantitative estimate of drug-likeness (QED) is 0.0312. The first kappa shape index (κ1) is 56.7. The van der Waals surface area contributed by atoms with Gasteiger partial charge in [0.2, 0.25) is 11.8 Å². The van der Waals surface area contributed by atoms with Crippen LogP contribution in [0.25, 0.3) is 21.8 Å². The Labute approximate surface area is 447 Å². The fourth-order valence-corrected chi connectivity index (χ4v) is 8.18. The highest BCUT2D eigenvalue weighted by Crippen LogP contribution is 2.38. The summed E-state index contributed by atoms with van der Waals surface area (Å²) in [6, 6.07) is 28.1. The summed E-state index contributed by atoms with van der Waals surface area (Å²) in [6.07, 6.45) is 14.7. The molecule has 2 fully saturated rings. The van der Waals surface area contributed by atoms with Gasteiger partial charge in [0.1, 0.15) is 35.8 Å². The van der Waals surface area contributed by atoms with E-state index in [1.165, 1.54) is 25.7 Å². The average molecular weight is 1040 g/mol. The Morgan fingerprint density at radius 3 is 1.39 bits per heavy atom. The zero-order valence-corrected chi connectivity index (χ0v) is 45.0. The zero-order valence-electron chi connectivity index (χ0n) is 45.0. The number of hydrogen-bond acceptors (Lipinski definition) is 15. The van der Waals surface area contributed by atoms with Gasteiger partial charge in [-0.25, -0.2) is 19.9 Å². The Balaban J connectivity index is 0.000000221. The summed E-state index contributed by atoms with van der Waals surface area (Å²) in [5.41, 5.74) is 5.02. The molecule has 0 saturated heterocycles. The Morgan fingerprint density at radius 1 is 0.592 bits per heavy atom. The summed E-state index contributed by atoms with van der Waals surface area (Å²) in [5.74, 6) is 3.36. The number of nitrogens with zero attached hydrogens (tertiary/aromatic N) is 6. The van der Waals surface area contributed by atoms with E-state index in [2.05, 4.69) is 96.0 Å². The third-order valence-corrected chi connectivity index (χ3v) is 13.2. The maximum Gasteiger partial charge on any atom is 0.248 e. The summed E-state index contributed by atoms with van der Waals surface area (Å²) < 4.78 is 27.8. The number of rotatable bonds is 30. The van der Waals surface area contributed by atoms with Crippen LogP contribution in [0.1, 0.15) is 69.7 Å². The van der Waals surface area contributed by atoms with Crippen molar-refractivity contribution < 1.29 is 33.3 Å². The number of likely N-dealkylation sites (N-methyl/N-ethyl adjacent to an activating group) is 1. The van der Waals surface area contributed by atoms with Crippen LogP contribution >= 0.6 is 0 Å². The van der Waals surface area contributed by atoms with Crippen LogP contribution < -0.4 is 30.7 Å². The van der Waals surface area contributed by atoms with E-state index in [0.717, 1.165) is 59.1 Å². The van der Waals surface area contributed by atoms with E-state index >= 15 is 0 Å². The first-order valence-electron chi connectivity index (χ1n) is 26.5. The summed E-state index contributed by atoms with van der Waals surface area (Å²) in [7, 11) is 5.05. The fourth-order valence-electron chi connectivity index (χ4n) is 8.18. The lowest BCUT2D eigenvalue weighted by Gasteiger charge is -2.19. The van der Waals surface area contributed by atoms with Gasteiger partial charge in [-0.1, -0.05) is 79.7 Å². The van der Waals surface area contributed by atoms with Gasteiger partial charge in [-0.2, -0.15) is 0 Å². The molecule has 0 spiro atoms. The van der Waals surface area contributed by atoms with Gasteiger partial charge < -0.3 is 45.0 Å². The van der Waals surface area contributed by atoms with Gasteiger partial charge >= 0.3 is 0 Å². The maximum absolute atomic E-state index is 12.9. The molecular formula is C59H76N10O7. The summed E-state index contributed by atoms with van der Waals surface area (Å²) in [4.78, 5) is 48.1. The monoisotopic (exact) mass is 1040 g/mol. The number of anilines is 4. The van der Waals surface area contributed by atoms with Gasteiger partial charge in [0.05, 0.1) is 55.4 Å². The molecule has 17 nitrogen and oxygen atoms in total. The molecule has 0 aliphatic heterocycles. The minimum absolute atomic E-state index is 0.0372. The molecular weight excluding hydrogens is 961 g/mol. The summed E-state index contributed by atoms with van der Waals surface area (Å²) >= 11 is 0. The molecule has 2 saturated carbocycles. The summed E-state index contributed by atoms with van der Waals surface area (Å²) in [5, 5.41) is 14.7. The van der Waals surface area contributed by atoms with Gasteiger partial charge in [-0.3, -0.25) is 19.4 Å². The number of hydrogen-bond donors (Lipinski definition) is 4. The van der Waals surface area contributed by atoms with Gasteiger partial charge in [0.15, 0.2) is 0 Å². The normalized spacial score (nSPS) is 14.2. The molecule has 6 aromatic rings. The molecule has 8 rings (SSSR count). The number of amides is 2. The Bertz CT molecular complexity index is 2800. The zero-order chi connectivity index (χ0) is 53.5. The van der Waals surface area contributed by atoms with Crippen LogP contribution in [-0.2, 0) is 23.8 Å². The molecule has 2 aliphatic rings. The lowest BCUT2D eigenvalue weighted by Crippen LogP contribution is -2.31. The Morgan fingerprint density at radius 2 is 1.00 bits per heavy atom. The number of ether oxygens (including phenoxy) is 5. The van der Waals surface area contributed by atoms with Crippen LogP contribution in [0.2, 0.25) is 0 Å². The van der Waals surface area contributed by atoms with Crippen LogP contribution in [0.3, 0.4) is 0 Å². The number of methoxy groups -OCH3 is 3. The van der Waals surface area contributed by atoms with E-state index in [9.17, 15) is 9.59 Å². The molecule has 4 aromatic carbocycles. The topological polar surface area (TPSA) is 186 Å². The molecule has 2 unspecified atom stereocenters. The molecule has 2 atom stereocenters. The van der Waals surface area contributed by atoms with Crippen LogP contribution in [0, 0.1) is 11.8 Å². The van der Waals surface area contributed by atoms with Gasteiger partial charge in [-0.05, 0) is 81.2 Å². The number of carbonyl (C=O) groups is 2. The standard InChI is InChI=1S/C30H39N5O4.C29H37N5O3/c1-22(24-8-5-4-6-9-24)33-30-25-18-27(28(39-20-23-11-12-23)19-26(25)31-21-32-30)34-29(36)10-7-13-35(14-16-37-2)15-17-38-3;1-4-34(15-16-36-3)14-8-11-28(35)33-26-17-24-25(18-27(26)37-19-22-12-13-22)30-20-31-29(24)32-21(2)23-9-6-5-7-10-23/h4-10,18-19,21-23H,11-17,20H2,1-3H3,(H,34,36)(H,31,32,33);5-11,17-18,20-22H,4,12-16,19H2,1-3H3,(H,33,35)(H,30,31,32). The SMILES string of the molecule is CCN(CC=CC(=O)Nc1cc2c(NC(C)c3ccccc3)ncnc2cc1OCC1CC1)CCOC.COCCN(CC=CC(=O)Nc1cc2c(NC(C)c3ccccc3)ncnc2cc1OCC1CC1)CCOC. The fraction of sp³-hybridized carbons (Fsp3) is 0.424. The Kier molecular flexibility index (Phi) is 22.3. The molecule has 0 bridgehead atoms. The largest absolute Gasteiger partial charge is 0.491 e. The lowest BCUT2D eigenvalue weighted by molar-refractivity contribution is -0.112. The first-order chi connectivity index (χ1) is 37.1. The minimum atomic E-state index is -0.229. The third-order valence-electron chi connectivity index (χ3n) is 13.2. The third kappa shape index (κ3) is 18.1. The average Bonchev–Trinajstić information content (AvgIpc) is 4.40. The second-order valence-corrected chi connectivity index (χ2v) is 19.2. The highest BCUT2D eigenvalue weighted by Gasteiger charge is 2.25. The molecule has 2 heterocycles. The van der Waals surface area contributed by atoms with E-state index in [1.807, 2.05) is 72.8 Å². The number of fused-ring (bicyclic) bond motifs is 2. The van der Waals surface area contributed by atoms with E-state index < -0.39 is 0 Å². The van der Waals surface area contributed by atoms with E-state index in [0.29, 0.717) is 92.5 Å². The minimum Gasteiger partial charge on any atom is -0.491 e. The molecule has 17 heteroatoms. The Hall–Kier alpha value is -7.02. The molecule has 2 aromatic heterocycles. The molecule has 2 amide bonds. The second-order valence-electron chi connectivity index (χ2n) is 19.2. The maximum atomic E-state index is 12.9. The first-order valence-corrected chi connectivity index (χ1v) is 26.5. The predicted molar refractivity (Wildman–Crippen MR) is 302 cm³/mol. The number of aromatic nitrogens is 4. The lowest BCUT2D eigenvalue weighted by atomic mass is 10.1. The van der Waals surface area contributed by atoms with Crippen molar-refractivity contribution in [2.24, 2.45) is 11.8 Å². The molecule has 4 N–H and O–H groups in total. The van der Waals surface area contributed by atoms with Gasteiger partial charge in [-0.15, -0.1) is 0 Å². The van der Waals surface area contributed by atoms with Gasteiger partial charge in [0, 0.05) is 101 Å². The van der Waals surface area contributed by atoms with Crippen LogP contribution in [-0.4, -0.2) is 135 Å². The smallest absolute Gasteiger partial charge is 0.248 e. The molecule has 76 heavy (non-hydrogen) atoms. The van der Waals surface area contributed by atoms with E-state index in [4.69, 9.17) is 23.7 Å². The highest BCUT2D eigenvalue weighted by molar-refractivity contribution is 6.04. The summed E-state index contributed by atoms with van der Waals surface area (Å²) in [6.45, 7) is 13.9. The van der Waals surface area contributed by atoms with Crippen molar-refractivity contribution >= 4 is 56.6 Å². The van der Waals surface area contributed by atoms with Gasteiger partial charge in [0.25, 0.3) is 0 Å². The highest BCUT2D eigenvalue weighted by atomic mass is 16.5. The number of benzene rings is 4. The van der Waals surface area contributed by atoms with Crippen molar-refractivity contribution in [1.29, 1.82) is 0 Å². The van der Waals surface area contributed by atoms with Crippen LogP contribution in [0.5, 0.6) is 11.5 Å². The molecule has 2 aliphatic carbocycles. The molecule has 404 valence electrons. The van der Waals surface area contributed by atoms with Crippen molar-refractivity contribution in [2.75, 3.05) is 115 Å². The van der Waals surface area contributed by atoms with Crippen molar-refractivity contribution in [3.05, 3.63) is 133 Å². The second kappa shape index (κ2) is 29.9. The van der Waals surface area contributed by atoms with E-state index in [1.54, 1.807) is 46.1 Å². The van der Waals surface area contributed by atoms with E-state index in [-0.39, 0.29) is 23.9 Å². The van der Waals surface area contributed by atoms with Crippen molar-refractivity contribution in [3.8, 4) is 11.5 Å².